The number of methoxy groups -OCH3 is 1. The predicted molar refractivity (Wildman–Crippen MR) is 79.3 cm³/mol. The molecule has 0 saturated heterocycles. The summed E-state index contributed by atoms with van der Waals surface area (Å²) in [5.41, 5.74) is 0.874. The van der Waals surface area contributed by atoms with Crippen LogP contribution in [0.2, 0.25) is 0 Å². The third-order valence-electron chi connectivity index (χ3n) is 3.97. The van der Waals surface area contributed by atoms with E-state index in [0.29, 0.717) is 16.9 Å². The van der Waals surface area contributed by atoms with Gasteiger partial charge in [-0.3, -0.25) is 10.1 Å². The molecule has 0 amide bonds. The van der Waals surface area contributed by atoms with Crippen LogP contribution in [-0.4, -0.2) is 18.1 Å². The van der Waals surface area contributed by atoms with Crippen molar-refractivity contribution in [2.24, 2.45) is 5.41 Å². The lowest BCUT2D eigenvalue weighted by molar-refractivity contribution is -0.384. The molecule has 0 bridgehead atoms. The fourth-order valence-electron chi connectivity index (χ4n) is 3.03. The van der Waals surface area contributed by atoms with Gasteiger partial charge in [-0.2, -0.15) is 0 Å². The molecule has 0 radical (unpaired) electrons. The van der Waals surface area contributed by atoms with E-state index in [0.717, 1.165) is 19.3 Å². The van der Waals surface area contributed by atoms with Crippen molar-refractivity contribution in [2.75, 3.05) is 12.4 Å². The molecule has 5 nitrogen and oxygen atoms in total. The Hall–Kier alpha value is -1.78. The smallest absolute Gasteiger partial charge is 0.333 e. The number of nitro benzene ring substituents is 1. The van der Waals surface area contributed by atoms with Gasteiger partial charge >= 0.3 is 5.69 Å². The van der Waals surface area contributed by atoms with Crippen molar-refractivity contribution in [3.8, 4) is 5.75 Å². The Morgan fingerprint density at radius 3 is 2.80 bits per heavy atom. The highest BCUT2D eigenvalue weighted by molar-refractivity contribution is 5.68. The van der Waals surface area contributed by atoms with E-state index in [1.165, 1.54) is 13.5 Å². The molecule has 110 valence electrons. The van der Waals surface area contributed by atoms with Crippen molar-refractivity contribution < 1.29 is 9.66 Å². The summed E-state index contributed by atoms with van der Waals surface area (Å²) in [6.07, 6.45) is 4.45. The lowest BCUT2D eigenvalue weighted by Crippen LogP contribution is -2.31. The number of rotatable bonds is 4. The fourth-order valence-corrected chi connectivity index (χ4v) is 3.03. The van der Waals surface area contributed by atoms with Crippen molar-refractivity contribution in [1.82, 2.24) is 0 Å². The van der Waals surface area contributed by atoms with Gasteiger partial charge in [-0.15, -0.1) is 0 Å². The number of para-hydroxylation sites is 1. The first kappa shape index (κ1) is 14.6. The molecular weight excluding hydrogens is 256 g/mol. The number of nitrogens with one attached hydrogen (secondary N) is 1. The molecule has 1 fully saturated rings. The van der Waals surface area contributed by atoms with Crippen LogP contribution in [0.1, 0.15) is 39.5 Å². The first-order valence-corrected chi connectivity index (χ1v) is 7.01. The maximum absolute atomic E-state index is 11.3. The summed E-state index contributed by atoms with van der Waals surface area (Å²) >= 11 is 0. The maximum atomic E-state index is 11.3. The molecule has 2 rings (SSSR count). The van der Waals surface area contributed by atoms with Crippen molar-refractivity contribution >= 4 is 11.4 Å². The van der Waals surface area contributed by atoms with E-state index < -0.39 is 0 Å². The second-order valence-electron chi connectivity index (χ2n) is 6.22. The van der Waals surface area contributed by atoms with E-state index in [-0.39, 0.29) is 16.7 Å². The molecule has 1 aliphatic rings. The van der Waals surface area contributed by atoms with Gasteiger partial charge in [0.15, 0.2) is 5.75 Å². The van der Waals surface area contributed by atoms with E-state index in [2.05, 4.69) is 19.2 Å². The van der Waals surface area contributed by atoms with Gasteiger partial charge in [0.05, 0.1) is 12.0 Å². The molecule has 5 heteroatoms. The highest BCUT2D eigenvalue weighted by Gasteiger charge is 2.30. The Kier molecular flexibility index (Phi) is 4.16. The molecule has 1 aliphatic carbocycles. The molecule has 0 heterocycles. The lowest BCUT2D eigenvalue weighted by atomic mass is 9.75. The van der Waals surface area contributed by atoms with E-state index in [4.69, 9.17) is 4.74 Å². The summed E-state index contributed by atoms with van der Waals surface area (Å²) in [7, 11) is 1.45. The molecule has 0 aromatic heterocycles. The minimum atomic E-state index is -0.380. The zero-order valence-electron chi connectivity index (χ0n) is 12.3. The predicted octanol–water partition coefficient (Wildman–Crippen LogP) is 3.98. The van der Waals surface area contributed by atoms with Crippen LogP contribution in [0, 0.1) is 15.5 Å². The summed E-state index contributed by atoms with van der Waals surface area (Å²) in [4.78, 5) is 10.9. The van der Waals surface area contributed by atoms with Crippen molar-refractivity contribution in [2.45, 2.75) is 45.6 Å². The molecule has 1 aromatic carbocycles. The first-order chi connectivity index (χ1) is 9.43. The molecular formula is C15H22N2O3. The monoisotopic (exact) mass is 278 g/mol. The van der Waals surface area contributed by atoms with Crippen LogP contribution in [0.25, 0.3) is 0 Å². The highest BCUT2D eigenvalue weighted by atomic mass is 16.6. The van der Waals surface area contributed by atoms with Crippen LogP contribution in [-0.2, 0) is 0 Å². The molecule has 1 saturated carbocycles. The minimum Gasteiger partial charge on any atom is -0.490 e. The Morgan fingerprint density at radius 1 is 1.45 bits per heavy atom. The average molecular weight is 278 g/mol. The second kappa shape index (κ2) is 5.69. The average Bonchev–Trinajstić information content (AvgIpc) is 2.36. The Morgan fingerprint density at radius 2 is 2.20 bits per heavy atom. The van der Waals surface area contributed by atoms with Gasteiger partial charge in [-0.05, 0) is 36.8 Å². The molecule has 1 N–H and O–H groups in total. The van der Waals surface area contributed by atoms with Gasteiger partial charge in [0.25, 0.3) is 0 Å². The number of benzene rings is 1. The van der Waals surface area contributed by atoms with Crippen LogP contribution in [0.15, 0.2) is 18.2 Å². The molecule has 1 unspecified atom stereocenters. The summed E-state index contributed by atoms with van der Waals surface area (Å²) in [6, 6.07) is 5.43. The zero-order chi connectivity index (χ0) is 14.8. The van der Waals surface area contributed by atoms with Crippen molar-refractivity contribution in [1.29, 1.82) is 0 Å². The number of nitrogens with zero attached hydrogens (tertiary/aromatic N) is 1. The van der Waals surface area contributed by atoms with Gasteiger partial charge in [0.1, 0.15) is 5.69 Å². The Balaban J connectivity index is 2.23. The molecule has 1 aromatic rings. The van der Waals surface area contributed by atoms with Gasteiger partial charge in [0.2, 0.25) is 0 Å². The SMILES string of the molecule is COc1cccc(NC2CCCC(C)(C)C2)c1[N+](=O)[O-]. The topological polar surface area (TPSA) is 64.4 Å². The van der Waals surface area contributed by atoms with E-state index >= 15 is 0 Å². The standard InChI is InChI=1S/C15H22N2O3/c1-15(2)9-5-6-11(10-15)16-12-7-4-8-13(20-3)14(12)17(18)19/h4,7-8,11,16H,5-6,9-10H2,1-3H3. The van der Waals surface area contributed by atoms with Gasteiger partial charge in [-0.25, -0.2) is 0 Å². The van der Waals surface area contributed by atoms with Crippen LogP contribution in [0.3, 0.4) is 0 Å². The zero-order valence-corrected chi connectivity index (χ0v) is 12.3. The van der Waals surface area contributed by atoms with Crippen molar-refractivity contribution in [3.05, 3.63) is 28.3 Å². The number of hydrogen-bond donors (Lipinski definition) is 1. The fraction of sp³-hybridized carbons (Fsp3) is 0.600. The lowest BCUT2D eigenvalue weighted by Gasteiger charge is -2.35. The van der Waals surface area contributed by atoms with Gasteiger partial charge < -0.3 is 10.1 Å². The quantitative estimate of drug-likeness (QED) is 0.668. The number of anilines is 1. The molecule has 0 aliphatic heterocycles. The summed E-state index contributed by atoms with van der Waals surface area (Å²) in [5, 5.41) is 14.6. The second-order valence-corrected chi connectivity index (χ2v) is 6.22. The summed E-state index contributed by atoms with van der Waals surface area (Å²) in [5.74, 6) is 0.301. The highest BCUT2D eigenvalue weighted by Crippen LogP contribution is 2.39. The summed E-state index contributed by atoms with van der Waals surface area (Å²) < 4.78 is 5.10. The van der Waals surface area contributed by atoms with Crippen molar-refractivity contribution in [3.63, 3.8) is 0 Å². The minimum absolute atomic E-state index is 0.0263. The number of nitro groups is 1. The largest absolute Gasteiger partial charge is 0.490 e. The normalized spacial score (nSPS) is 21.2. The van der Waals surface area contributed by atoms with Gasteiger partial charge in [0, 0.05) is 6.04 Å². The van der Waals surface area contributed by atoms with Crippen LogP contribution >= 0.6 is 0 Å². The summed E-state index contributed by atoms with van der Waals surface area (Å²) in [6.45, 7) is 4.50. The Bertz CT molecular complexity index is 500. The van der Waals surface area contributed by atoms with Crippen LogP contribution in [0.5, 0.6) is 5.75 Å². The third-order valence-corrected chi connectivity index (χ3v) is 3.97. The van der Waals surface area contributed by atoms with Crippen LogP contribution < -0.4 is 10.1 Å². The molecule has 1 atom stereocenters. The number of ether oxygens (including phenoxy) is 1. The first-order valence-electron chi connectivity index (χ1n) is 7.01. The number of hydrogen-bond acceptors (Lipinski definition) is 4. The van der Waals surface area contributed by atoms with E-state index in [9.17, 15) is 10.1 Å². The van der Waals surface area contributed by atoms with E-state index in [1.54, 1.807) is 18.2 Å². The van der Waals surface area contributed by atoms with Crippen LogP contribution in [0.4, 0.5) is 11.4 Å². The van der Waals surface area contributed by atoms with Gasteiger partial charge in [-0.1, -0.05) is 26.3 Å². The Labute approximate surface area is 119 Å². The third kappa shape index (κ3) is 3.21. The van der Waals surface area contributed by atoms with E-state index in [1.807, 2.05) is 0 Å². The molecule has 20 heavy (non-hydrogen) atoms. The maximum Gasteiger partial charge on any atom is 0.333 e. The molecule has 0 spiro atoms.